The molecule has 1 aliphatic heterocycles. The smallest absolute Gasteiger partial charge is 0.223 e. The Kier molecular flexibility index (Phi) is 4.22. The van der Waals surface area contributed by atoms with Crippen LogP contribution in [-0.4, -0.2) is 30.1 Å². The molecule has 1 atom stereocenters. The van der Waals surface area contributed by atoms with Gasteiger partial charge in [-0.2, -0.15) is 0 Å². The molecule has 3 heteroatoms. The van der Waals surface area contributed by atoms with Crippen LogP contribution in [0.1, 0.15) is 39.5 Å². The van der Waals surface area contributed by atoms with E-state index in [1.165, 1.54) is 0 Å². The third-order valence-corrected chi connectivity index (χ3v) is 2.50. The van der Waals surface area contributed by atoms with Gasteiger partial charge in [0.15, 0.2) is 0 Å². The van der Waals surface area contributed by atoms with Crippen LogP contribution in [-0.2, 0) is 4.79 Å². The lowest BCUT2D eigenvalue weighted by Crippen LogP contribution is -2.46. The van der Waals surface area contributed by atoms with E-state index in [1.54, 1.807) is 0 Å². The van der Waals surface area contributed by atoms with Crippen molar-refractivity contribution in [2.75, 3.05) is 13.1 Å². The molecule has 0 radical (unpaired) electrons. The van der Waals surface area contributed by atoms with Gasteiger partial charge < -0.3 is 4.90 Å². The number of carbonyl (C=O) groups is 1. The first kappa shape index (κ1) is 10.5. The molecule has 1 amide bonds. The summed E-state index contributed by atoms with van der Waals surface area (Å²) >= 11 is 0. The summed E-state index contributed by atoms with van der Waals surface area (Å²) in [5.41, 5.74) is 0. The number of hydrogen-bond acceptors (Lipinski definition) is 2. The first-order chi connectivity index (χ1) is 6.29. The van der Waals surface area contributed by atoms with Crippen molar-refractivity contribution in [1.29, 1.82) is 0 Å². The molecular weight excluding hydrogens is 164 g/mol. The van der Waals surface area contributed by atoms with E-state index in [1.807, 2.05) is 4.90 Å². The third kappa shape index (κ3) is 2.69. The summed E-state index contributed by atoms with van der Waals surface area (Å²) in [7, 11) is 0. The second kappa shape index (κ2) is 5.22. The number of rotatable bonds is 5. The topological polar surface area (TPSA) is 32.3 Å². The minimum atomic E-state index is 0.273. The van der Waals surface area contributed by atoms with E-state index in [0.717, 1.165) is 38.8 Å². The Morgan fingerprint density at radius 1 is 1.54 bits per heavy atom. The number of nitrogens with one attached hydrogen (secondary N) is 1. The zero-order chi connectivity index (χ0) is 9.68. The average Bonchev–Trinajstić information content (AvgIpc) is 2.54. The lowest BCUT2D eigenvalue weighted by Gasteiger charge is -2.27. The van der Waals surface area contributed by atoms with Crippen molar-refractivity contribution in [1.82, 2.24) is 10.2 Å². The van der Waals surface area contributed by atoms with E-state index >= 15 is 0 Å². The van der Waals surface area contributed by atoms with Gasteiger partial charge in [0.25, 0.3) is 0 Å². The van der Waals surface area contributed by atoms with Gasteiger partial charge in [-0.1, -0.05) is 13.8 Å². The monoisotopic (exact) mass is 184 g/mol. The van der Waals surface area contributed by atoms with Gasteiger partial charge in [0, 0.05) is 13.0 Å². The van der Waals surface area contributed by atoms with Crippen molar-refractivity contribution in [2.45, 2.75) is 45.7 Å². The van der Waals surface area contributed by atoms with Crippen molar-refractivity contribution < 1.29 is 4.79 Å². The lowest BCUT2D eigenvalue weighted by atomic mass is 10.3. The molecular formula is C10H20N2O. The van der Waals surface area contributed by atoms with E-state index < -0.39 is 0 Å². The van der Waals surface area contributed by atoms with Crippen LogP contribution in [0.3, 0.4) is 0 Å². The fourth-order valence-corrected chi connectivity index (χ4v) is 1.78. The van der Waals surface area contributed by atoms with Crippen LogP contribution in [0.5, 0.6) is 0 Å². The minimum Gasteiger partial charge on any atom is -0.327 e. The average molecular weight is 184 g/mol. The quantitative estimate of drug-likeness (QED) is 0.699. The number of carbonyl (C=O) groups excluding carboxylic acids is 1. The zero-order valence-corrected chi connectivity index (χ0v) is 8.68. The molecule has 0 aromatic carbocycles. The number of hydrogen-bond donors (Lipinski definition) is 1. The summed E-state index contributed by atoms with van der Waals surface area (Å²) in [6, 6.07) is 0. The maximum atomic E-state index is 11.4. The van der Waals surface area contributed by atoms with Crippen molar-refractivity contribution in [3.8, 4) is 0 Å². The normalized spacial score (nSPS) is 19.5. The number of nitrogens with zero attached hydrogens (tertiary/aromatic N) is 1. The Balaban J connectivity index is 2.40. The molecule has 76 valence electrons. The van der Waals surface area contributed by atoms with E-state index in [0.29, 0.717) is 5.91 Å². The van der Waals surface area contributed by atoms with Gasteiger partial charge in [-0.3, -0.25) is 10.1 Å². The van der Waals surface area contributed by atoms with Gasteiger partial charge in [0.05, 0.1) is 6.17 Å². The predicted molar refractivity (Wildman–Crippen MR) is 53.3 cm³/mol. The molecule has 1 unspecified atom stereocenters. The van der Waals surface area contributed by atoms with Gasteiger partial charge >= 0.3 is 0 Å². The summed E-state index contributed by atoms with van der Waals surface area (Å²) in [5, 5.41) is 3.40. The Bertz CT molecular complexity index is 170. The summed E-state index contributed by atoms with van der Waals surface area (Å²) < 4.78 is 0. The second-order valence-electron chi connectivity index (χ2n) is 3.57. The molecule has 0 bridgehead atoms. The van der Waals surface area contributed by atoms with Crippen molar-refractivity contribution >= 4 is 5.91 Å². The molecule has 1 fully saturated rings. The number of amides is 1. The third-order valence-electron chi connectivity index (χ3n) is 2.50. The Morgan fingerprint density at radius 2 is 2.31 bits per heavy atom. The zero-order valence-electron chi connectivity index (χ0n) is 8.68. The van der Waals surface area contributed by atoms with Crippen molar-refractivity contribution in [2.24, 2.45) is 0 Å². The predicted octanol–water partition coefficient (Wildman–Crippen LogP) is 1.34. The van der Waals surface area contributed by atoms with Crippen LogP contribution in [0.4, 0.5) is 0 Å². The van der Waals surface area contributed by atoms with E-state index in [2.05, 4.69) is 19.2 Å². The molecule has 13 heavy (non-hydrogen) atoms. The highest BCUT2D eigenvalue weighted by Crippen LogP contribution is 2.13. The van der Waals surface area contributed by atoms with Crippen LogP contribution in [0.2, 0.25) is 0 Å². The molecule has 0 spiro atoms. The maximum Gasteiger partial charge on any atom is 0.223 e. The highest BCUT2D eigenvalue weighted by atomic mass is 16.2. The van der Waals surface area contributed by atoms with E-state index in [9.17, 15) is 4.79 Å². The molecule has 1 rings (SSSR count). The van der Waals surface area contributed by atoms with Crippen LogP contribution in [0.15, 0.2) is 0 Å². The molecule has 3 nitrogen and oxygen atoms in total. The van der Waals surface area contributed by atoms with Crippen LogP contribution in [0, 0.1) is 0 Å². The van der Waals surface area contributed by atoms with Crippen LogP contribution in [0.25, 0.3) is 0 Å². The molecule has 1 heterocycles. The molecule has 0 aliphatic carbocycles. The second-order valence-corrected chi connectivity index (χ2v) is 3.57. The SMILES string of the molecule is CCCNC(CC)N1CCCC1=O. The fourth-order valence-electron chi connectivity index (χ4n) is 1.78. The first-order valence-corrected chi connectivity index (χ1v) is 5.32. The maximum absolute atomic E-state index is 11.4. The van der Waals surface area contributed by atoms with Gasteiger partial charge in [-0.05, 0) is 25.8 Å². The van der Waals surface area contributed by atoms with E-state index in [-0.39, 0.29) is 6.17 Å². The largest absolute Gasteiger partial charge is 0.327 e. The molecule has 1 aliphatic rings. The van der Waals surface area contributed by atoms with Gasteiger partial charge in [0.2, 0.25) is 5.91 Å². The standard InChI is InChI=1S/C10H20N2O/c1-3-7-11-9(4-2)12-8-5-6-10(12)13/h9,11H,3-8H2,1-2H3. The highest BCUT2D eigenvalue weighted by molar-refractivity contribution is 5.78. The Labute approximate surface area is 80.5 Å². The molecule has 0 aromatic heterocycles. The van der Waals surface area contributed by atoms with Gasteiger partial charge in [0.1, 0.15) is 0 Å². The Hall–Kier alpha value is -0.570. The lowest BCUT2D eigenvalue weighted by molar-refractivity contribution is -0.130. The van der Waals surface area contributed by atoms with Crippen molar-refractivity contribution in [3.05, 3.63) is 0 Å². The van der Waals surface area contributed by atoms with Crippen molar-refractivity contribution in [3.63, 3.8) is 0 Å². The van der Waals surface area contributed by atoms with Gasteiger partial charge in [-0.15, -0.1) is 0 Å². The summed E-state index contributed by atoms with van der Waals surface area (Å²) in [6.45, 7) is 6.21. The van der Waals surface area contributed by atoms with Crippen LogP contribution >= 0.6 is 0 Å². The summed E-state index contributed by atoms with van der Waals surface area (Å²) in [6.07, 6.45) is 4.17. The summed E-state index contributed by atoms with van der Waals surface area (Å²) in [5.74, 6) is 0.315. The molecule has 0 saturated carbocycles. The molecule has 1 N–H and O–H groups in total. The van der Waals surface area contributed by atoms with E-state index in [4.69, 9.17) is 0 Å². The molecule has 1 saturated heterocycles. The first-order valence-electron chi connectivity index (χ1n) is 5.32. The highest BCUT2D eigenvalue weighted by Gasteiger charge is 2.25. The van der Waals surface area contributed by atoms with Crippen LogP contribution < -0.4 is 5.32 Å². The number of likely N-dealkylation sites (tertiary alicyclic amines) is 1. The minimum absolute atomic E-state index is 0.273. The molecule has 0 aromatic rings. The summed E-state index contributed by atoms with van der Waals surface area (Å²) in [4.78, 5) is 13.4. The Morgan fingerprint density at radius 3 is 2.77 bits per heavy atom. The fraction of sp³-hybridized carbons (Fsp3) is 0.900. The van der Waals surface area contributed by atoms with Gasteiger partial charge in [-0.25, -0.2) is 0 Å².